The van der Waals surface area contributed by atoms with Gasteiger partial charge in [0.25, 0.3) is 0 Å². The summed E-state index contributed by atoms with van der Waals surface area (Å²) in [5, 5.41) is 49.6. The number of esters is 1. The summed E-state index contributed by atoms with van der Waals surface area (Å²) in [4.78, 5) is 23.8. The second kappa shape index (κ2) is 10.5. The summed E-state index contributed by atoms with van der Waals surface area (Å²) in [6.45, 7) is -0.868. The molecule has 0 spiro atoms. The average Bonchev–Trinajstić information content (AvgIpc) is 3.14. The van der Waals surface area contributed by atoms with E-state index < -0.39 is 72.8 Å². The maximum absolute atomic E-state index is 12.2. The summed E-state index contributed by atoms with van der Waals surface area (Å²) < 4.78 is 26.5. The van der Waals surface area contributed by atoms with E-state index in [0.717, 1.165) is 18.0 Å². The highest BCUT2D eigenvalue weighted by Gasteiger charge is 2.52. The van der Waals surface area contributed by atoms with Gasteiger partial charge in [-0.2, -0.15) is 0 Å². The molecule has 1 aliphatic carbocycles. The molecule has 0 bridgehead atoms. The lowest BCUT2D eigenvalue weighted by molar-refractivity contribution is -0.340. The highest BCUT2D eigenvalue weighted by atomic mass is 32.2. The van der Waals surface area contributed by atoms with Crippen LogP contribution in [0.3, 0.4) is 0 Å². The molecule has 0 saturated carbocycles. The number of ether oxygens (including phenoxy) is 5. The zero-order chi connectivity index (χ0) is 23.6. The van der Waals surface area contributed by atoms with Gasteiger partial charge < -0.3 is 49.2 Å². The molecule has 0 amide bonds. The summed E-state index contributed by atoms with van der Waals surface area (Å²) in [7, 11) is 1.17. The van der Waals surface area contributed by atoms with Crippen molar-refractivity contribution in [3.05, 3.63) is 23.5 Å². The normalized spacial score (nSPS) is 38.8. The Hall–Kier alpha value is -1.71. The molecule has 9 atom stereocenters. The van der Waals surface area contributed by atoms with E-state index in [-0.39, 0.29) is 12.2 Å². The van der Waals surface area contributed by atoms with E-state index in [0.29, 0.717) is 5.57 Å². The van der Waals surface area contributed by atoms with Crippen molar-refractivity contribution >= 4 is 23.0 Å². The molecule has 0 radical (unpaired) electrons. The third-order valence-corrected chi connectivity index (χ3v) is 6.06. The summed E-state index contributed by atoms with van der Waals surface area (Å²) in [6.07, 6.45) is -6.03. The highest BCUT2D eigenvalue weighted by molar-refractivity contribution is 8.12. The molecule has 12 nitrogen and oxygen atoms in total. The molecular weight excluding hydrogens is 452 g/mol. The number of aliphatic hydroxyl groups excluding tert-OH is 5. The van der Waals surface area contributed by atoms with Crippen molar-refractivity contribution in [1.29, 1.82) is 0 Å². The summed E-state index contributed by atoms with van der Waals surface area (Å²) in [5.41, 5.74) is 0.426. The Morgan fingerprint density at radius 3 is 2.44 bits per heavy atom. The van der Waals surface area contributed by atoms with Crippen molar-refractivity contribution in [2.24, 2.45) is 11.8 Å². The van der Waals surface area contributed by atoms with E-state index in [4.69, 9.17) is 23.7 Å². The predicted octanol–water partition coefficient (Wildman–Crippen LogP) is -1.75. The molecule has 2 aliphatic heterocycles. The highest BCUT2D eigenvalue weighted by Crippen LogP contribution is 2.45. The standard InChI is InChI=1S/C19H26O12S/c1-27-16(25)8-6-28-17(31-18-15(24)14(23)13(22)10(4-20)30-18)11-7(3-9(21)12(8)11)5-29-19(26)32-2/h3,6,9-15,17-18,20-24H,4-5H2,1-2H3/t9-,10?,11?,12?,13?,14?,15?,17-,18?/m1/s1. The average molecular weight is 478 g/mol. The fourth-order valence-electron chi connectivity index (χ4n) is 3.98. The summed E-state index contributed by atoms with van der Waals surface area (Å²) >= 11 is 0.853. The number of rotatable bonds is 6. The molecule has 3 aliphatic rings. The summed E-state index contributed by atoms with van der Waals surface area (Å²) in [5.74, 6) is -2.44. The molecule has 32 heavy (non-hydrogen) atoms. The molecule has 180 valence electrons. The van der Waals surface area contributed by atoms with E-state index in [1.807, 2.05) is 0 Å². The molecule has 2 heterocycles. The second-order valence-corrected chi connectivity index (χ2v) is 8.17. The van der Waals surface area contributed by atoms with Crippen molar-refractivity contribution < 1.29 is 58.8 Å². The SMILES string of the molecule is COC(=O)C1=CO[C@H](OC2OC(CO)C(O)C(O)C2O)C2C(COC(=O)SC)=C[C@@H](O)C12. The third-order valence-electron chi connectivity index (χ3n) is 5.61. The Bertz CT molecular complexity index is 767. The Morgan fingerprint density at radius 2 is 1.81 bits per heavy atom. The Labute approximate surface area is 187 Å². The van der Waals surface area contributed by atoms with Gasteiger partial charge in [0.2, 0.25) is 6.29 Å². The van der Waals surface area contributed by atoms with Crippen LogP contribution in [0.4, 0.5) is 4.79 Å². The predicted molar refractivity (Wildman–Crippen MR) is 106 cm³/mol. The van der Waals surface area contributed by atoms with E-state index in [9.17, 15) is 35.1 Å². The van der Waals surface area contributed by atoms with Crippen molar-refractivity contribution in [2.75, 3.05) is 26.6 Å². The Morgan fingerprint density at radius 1 is 1.09 bits per heavy atom. The van der Waals surface area contributed by atoms with E-state index >= 15 is 0 Å². The number of carbonyl (C=O) groups excluding carboxylic acids is 2. The van der Waals surface area contributed by atoms with Crippen molar-refractivity contribution in [2.45, 2.75) is 43.1 Å². The van der Waals surface area contributed by atoms with Gasteiger partial charge in [0.15, 0.2) is 6.29 Å². The zero-order valence-electron chi connectivity index (χ0n) is 17.3. The lowest BCUT2D eigenvalue weighted by Crippen LogP contribution is -2.60. The molecule has 1 fully saturated rings. The van der Waals surface area contributed by atoms with Crippen LogP contribution in [0.25, 0.3) is 0 Å². The van der Waals surface area contributed by atoms with Gasteiger partial charge in [0.1, 0.15) is 31.0 Å². The molecule has 0 aromatic rings. The smallest absolute Gasteiger partial charge is 0.367 e. The van der Waals surface area contributed by atoms with Crippen LogP contribution in [0.1, 0.15) is 0 Å². The van der Waals surface area contributed by atoms with Gasteiger partial charge in [0, 0.05) is 5.92 Å². The van der Waals surface area contributed by atoms with Crippen molar-refractivity contribution in [1.82, 2.24) is 0 Å². The first kappa shape index (κ1) is 24.9. The lowest BCUT2D eigenvalue weighted by Gasteiger charge is -2.43. The van der Waals surface area contributed by atoms with Gasteiger partial charge in [-0.25, -0.2) is 9.59 Å². The minimum atomic E-state index is -1.69. The van der Waals surface area contributed by atoms with E-state index in [1.165, 1.54) is 19.4 Å². The van der Waals surface area contributed by atoms with Crippen LogP contribution in [0.15, 0.2) is 23.5 Å². The van der Waals surface area contributed by atoms with E-state index in [1.54, 1.807) is 0 Å². The number of carbonyl (C=O) groups is 2. The molecule has 0 aromatic heterocycles. The molecule has 7 unspecified atom stereocenters. The Balaban J connectivity index is 1.86. The number of methoxy groups -OCH3 is 1. The van der Waals surface area contributed by atoms with Crippen molar-refractivity contribution in [3.8, 4) is 0 Å². The number of hydrogen-bond donors (Lipinski definition) is 5. The van der Waals surface area contributed by atoms with E-state index in [2.05, 4.69) is 0 Å². The van der Waals surface area contributed by atoms with Gasteiger partial charge in [-0.3, -0.25) is 0 Å². The van der Waals surface area contributed by atoms with Crippen LogP contribution in [0.5, 0.6) is 0 Å². The van der Waals surface area contributed by atoms with Gasteiger partial charge >= 0.3 is 11.3 Å². The molecule has 3 rings (SSSR count). The molecule has 0 aromatic carbocycles. The zero-order valence-corrected chi connectivity index (χ0v) is 18.1. The van der Waals surface area contributed by atoms with Crippen LogP contribution in [-0.2, 0) is 28.5 Å². The molecular formula is C19H26O12S. The topological polar surface area (TPSA) is 181 Å². The largest absolute Gasteiger partial charge is 0.471 e. The molecule has 1 saturated heterocycles. The molecule has 5 N–H and O–H groups in total. The third kappa shape index (κ3) is 4.79. The lowest BCUT2D eigenvalue weighted by atomic mass is 9.82. The van der Waals surface area contributed by atoms with Crippen LogP contribution in [0, 0.1) is 11.8 Å². The van der Waals surface area contributed by atoms with Crippen molar-refractivity contribution in [3.63, 3.8) is 0 Å². The van der Waals surface area contributed by atoms with Crippen LogP contribution in [0.2, 0.25) is 0 Å². The maximum atomic E-state index is 12.2. The van der Waals surface area contributed by atoms with Crippen LogP contribution in [-0.4, -0.2) is 106 Å². The summed E-state index contributed by atoms with van der Waals surface area (Å²) in [6, 6.07) is 0. The minimum Gasteiger partial charge on any atom is -0.471 e. The second-order valence-electron chi connectivity index (χ2n) is 7.43. The Kier molecular flexibility index (Phi) is 8.16. The maximum Gasteiger partial charge on any atom is 0.367 e. The van der Waals surface area contributed by atoms with Gasteiger partial charge in [-0.15, -0.1) is 0 Å². The quantitative estimate of drug-likeness (QED) is 0.214. The number of aliphatic hydroxyl groups is 5. The van der Waals surface area contributed by atoms with Gasteiger partial charge in [-0.05, 0) is 23.6 Å². The first-order valence-electron chi connectivity index (χ1n) is 9.72. The minimum absolute atomic E-state index is 0.0288. The monoisotopic (exact) mass is 478 g/mol. The first-order chi connectivity index (χ1) is 15.2. The number of hydrogen-bond acceptors (Lipinski definition) is 13. The number of thioether (sulfide) groups is 1. The fraction of sp³-hybridized carbons (Fsp3) is 0.684. The number of fused-ring (bicyclic) bond motifs is 1. The van der Waals surface area contributed by atoms with Crippen LogP contribution >= 0.6 is 11.8 Å². The fourth-order valence-corrected chi connectivity index (χ4v) is 4.16. The first-order valence-corrected chi connectivity index (χ1v) is 10.9. The van der Waals surface area contributed by atoms with Crippen LogP contribution < -0.4 is 0 Å². The van der Waals surface area contributed by atoms with Gasteiger partial charge in [0.05, 0.1) is 37.6 Å². The van der Waals surface area contributed by atoms with Gasteiger partial charge in [-0.1, -0.05) is 6.08 Å². The molecule has 13 heteroatoms.